The first-order chi connectivity index (χ1) is 10.2. The number of nitrogens with two attached hydrogens (primary N) is 1. The molecule has 2 amide bonds. The molecular formula is C16H15N3O2. The number of amides is 2. The van der Waals surface area contributed by atoms with Crippen LogP contribution in [0.3, 0.4) is 0 Å². The summed E-state index contributed by atoms with van der Waals surface area (Å²) >= 11 is 0. The third-order valence-corrected chi connectivity index (χ3v) is 3.62. The van der Waals surface area contributed by atoms with E-state index >= 15 is 0 Å². The molecule has 0 bridgehead atoms. The summed E-state index contributed by atoms with van der Waals surface area (Å²) in [4.78, 5) is 30.0. The molecule has 106 valence electrons. The van der Waals surface area contributed by atoms with E-state index in [-0.39, 0.29) is 18.2 Å². The van der Waals surface area contributed by atoms with Gasteiger partial charge in [-0.2, -0.15) is 0 Å². The van der Waals surface area contributed by atoms with Crippen molar-refractivity contribution in [3.8, 4) is 0 Å². The lowest BCUT2D eigenvalue weighted by atomic mass is 9.98. The summed E-state index contributed by atoms with van der Waals surface area (Å²) < 4.78 is 0. The van der Waals surface area contributed by atoms with Crippen LogP contribution in [0.5, 0.6) is 0 Å². The fourth-order valence-electron chi connectivity index (χ4n) is 2.49. The molecule has 1 aromatic carbocycles. The smallest absolute Gasteiger partial charge is 0.243 e. The zero-order valence-electron chi connectivity index (χ0n) is 11.4. The van der Waals surface area contributed by atoms with Gasteiger partial charge in [0.1, 0.15) is 5.82 Å². The number of pyridine rings is 1. The molecule has 1 aliphatic rings. The van der Waals surface area contributed by atoms with Crippen molar-refractivity contribution in [2.75, 3.05) is 4.90 Å². The number of hydrogen-bond donors (Lipinski definition) is 1. The Kier molecular flexibility index (Phi) is 3.50. The molecule has 2 aromatic rings. The lowest BCUT2D eigenvalue weighted by molar-refractivity contribution is -0.121. The van der Waals surface area contributed by atoms with Crippen LogP contribution < -0.4 is 10.6 Å². The Bertz CT molecular complexity index is 668. The first-order valence-electron chi connectivity index (χ1n) is 6.77. The molecule has 21 heavy (non-hydrogen) atoms. The van der Waals surface area contributed by atoms with Crippen LogP contribution in [-0.4, -0.2) is 16.8 Å². The molecule has 5 heteroatoms. The van der Waals surface area contributed by atoms with E-state index in [2.05, 4.69) is 4.98 Å². The molecule has 0 spiro atoms. The highest BCUT2D eigenvalue weighted by molar-refractivity contribution is 6.22. The van der Waals surface area contributed by atoms with Gasteiger partial charge in [0.2, 0.25) is 11.8 Å². The Morgan fingerprint density at radius 3 is 2.52 bits per heavy atom. The van der Waals surface area contributed by atoms with Gasteiger partial charge in [0, 0.05) is 19.2 Å². The topological polar surface area (TPSA) is 76.3 Å². The lowest BCUT2D eigenvalue weighted by Gasteiger charge is -2.14. The predicted molar refractivity (Wildman–Crippen MR) is 78.4 cm³/mol. The van der Waals surface area contributed by atoms with Crippen molar-refractivity contribution in [2.24, 2.45) is 5.73 Å². The molecule has 1 unspecified atom stereocenters. The lowest BCUT2D eigenvalue weighted by Crippen LogP contribution is -2.30. The second-order valence-electron chi connectivity index (χ2n) is 4.96. The maximum absolute atomic E-state index is 12.5. The Morgan fingerprint density at radius 1 is 1.14 bits per heavy atom. The molecule has 3 rings (SSSR count). The summed E-state index contributed by atoms with van der Waals surface area (Å²) in [6, 6.07) is 12.8. The second-order valence-corrected chi connectivity index (χ2v) is 4.96. The summed E-state index contributed by atoms with van der Waals surface area (Å²) in [6.07, 6.45) is 1.77. The van der Waals surface area contributed by atoms with Crippen LogP contribution in [0.25, 0.3) is 0 Å². The first kappa shape index (κ1) is 13.5. The standard InChI is InChI=1S/C16H15N3O2/c17-9-11-6-7-14(18-10-11)19-15(20)8-13(16(19)21)12-4-2-1-3-5-12/h1-7,10,13H,8-9,17H2. The highest BCUT2D eigenvalue weighted by atomic mass is 16.2. The van der Waals surface area contributed by atoms with E-state index in [0.29, 0.717) is 12.4 Å². The summed E-state index contributed by atoms with van der Waals surface area (Å²) in [5.74, 6) is -0.503. The first-order valence-corrected chi connectivity index (χ1v) is 6.77. The predicted octanol–water partition coefficient (Wildman–Crippen LogP) is 1.59. The van der Waals surface area contributed by atoms with E-state index < -0.39 is 5.92 Å². The van der Waals surface area contributed by atoms with Crippen molar-refractivity contribution < 1.29 is 9.59 Å². The third-order valence-electron chi connectivity index (χ3n) is 3.62. The summed E-state index contributed by atoms with van der Waals surface area (Å²) in [6.45, 7) is 0.377. The van der Waals surface area contributed by atoms with Gasteiger partial charge in [-0.1, -0.05) is 36.4 Å². The van der Waals surface area contributed by atoms with E-state index in [0.717, 1.165) is 16.0 Å². The van der Waals surface area contributed by atoms with Crippen molar-refractivity contribution in [3.63, 3.8) is 0 Å². The average molecular weight is 281 g/mol. The molecule has 0 aliphatic carbocycles. The third kappa shape index (κ3) is 2.43. The molecule has 1 aromatic heterocycles. The van der Waals surface area contributed by atoms with E-state index in [4.69, 9.17) is 5.73 Å². The van der Waals surface area contributed by atoms with E-state index in [1.165, 1.54) is 0 Å². The van der Waals surface area contributed by atoms with Gasteiger partial charge in [0.15, 0.2) is 0 Å². The zero-order chi connectivity index (χ0) is 14.8. The number of benzene rings is 1. The second kappa shape index (κ2) is 5.46. The monoisotopic (exact) mass is 281 g/mol. The maximum Gasteiger partial charge on any atom is 0.243 e. The van der Waals surface area contributed by atoms with Crippen molar-refractivity contribution >= 4 is 17.6 Å². The van der Waals surface area contributed by atoms with Gasteiger partial charge in [-0.15, -0.1) is 0 Å². The number of carbonyl (C=O) groups excluding carboxylic acids is 2. The Morgan fingerprint density at radius 2 is 1.90 bits per heavy atom. The van der Waals surface area contributed by atoms with Crippen LogP contribution in [0.4, 0.5) is 5.82 Å². The van der Waals surface area contributed by atoms with E-state index in [1.54, 1.807) is 18.3 Å². The number of rotatable bonds is 3. The van der Waals surface area contributed by atoms with Crippen LogP contribution in [0.15, 0.2) is 48.7 Å². The minimum atomic E-state index is -0.422. The van der Waals surface area contributed by atoms with Crippen LogP contribution >= 0.6 is 0 Å². The molecule has 0 radical (unpaired) electrons. The Hall–Kier alpha value is -2.53. The molecule has 0 saturated carbocycles. The number of carbonyl (C=O) groups is 2. The number of imide groups is 1. The van der Waals surface area contributed by atoms with Gasteiger partial charge in [0.25, 0.3) is 0 Å². The molecule has 1 saturated heterocycles. The molecule has 5 nitrogen and oxygen atoms in total. The highest BCUT2D eigenvalue weighted by Crippen LogP contribution is 2.32. The number of nitrogens with zero attached hydrogens (tertiary/aromatic N) is 2. The van der Waals surface area contributed by atoms with Crippen LogP contribution in [0.1, 0.15) is 23.5 Å². The SMILES string of the molecule is NCc1ccc(N2C(=O)CC(c3ccccc3)C2=O)nc1. The molecule has 2 heterocycles. The normalized spacial score (nSPS) is 18.3. The van der Waals surface area contributed by atoms with Gasteiger partial charge in [-0.05, 0) is 17.2 Å². The average Bonchev–Trinajstić information content (AvgIpc) is 2.83. The summed E-state index contributed by atoms with van der Waals surface area (Å²) in [7, 11) is 0. The van der Waals surface area contributed by atoms with Gasteiger partial charge in [-0.25, -0.2) is 9.88 Å². The van der Waals surface area contributed by atoms with Gasteiger partial charge in [-0.3, -0.25) is 9.59 Å². The Balaban J connectivity index is 1.90. The molecular weight excluding hydrogens is 266 g/mol. The minimum Gasteiger partial charge on any atom is -0.326 e. The highest BCUT2D eigenvalue weighted by Gasteiger charge is 2.40. The number of aromatic nitrogens is 1. The fourth-order valence-corrected chi connectivity index (χ4v) is 2.49. The van der Waals surface area contributed by atoms with Crippen molar-refractivity contribution in [3.05, 3.63) is 59.8 Å². The molecule has 1 aliphatic heterocycles. The fraction of sp³-hybridized carbons (Fsp3) is 0.188. The van der Waals surface area contributed by atoms with Crippen LogP contribution in [0.2, 0.25) is 0 Å². The summed E-state index contributed by atoms with van der Waals surface area (Å²) in [5, 5.41) is 0. The quantitative estimate of drug-likeness (QED) is 0.867. The van der Waals surface area contributed by atoms with Gasteiger partial charge in [0.05, 0.1) is 5.92 Å². The molecule has 1 fully saturated rings. The van der Waals surface area contributed by atoms with Gasteiger partial charge >= 0.3 is 0 Å². The molecule has 1 atom stereocenters. The molecule has 2 N–H and O–H groups in total. The van der Waals surface area contributed by atoms with Crippen molar-refractivity contribution in [2.45, 2.75) is 18.9 Å². The van der Waals surface area contributed by atoms with Gasteiger partial charge < -0.3 is 5.73 Å². The Labute approximate surface area is 122 Å². The number of hydrogen-bond acceptors (Lipinski definition) is 4. The van der Waals surface area contributed by atoms with Crippen molar-refractivity contribution in [1.82, 2.24) is 4.98 Å². The summed E-state index contributed by atoms with van der Waals surface area (Å²) in [5.41, 5.74) is 7.24. The zero-order valence-corrected chi connectivity index (χ0v) is 11.4. The van der Waals surface area contributed by atoms with Crippen LogP contribution in [0, 0.1) is 0 Å². The largest absolute Gasteiger partial charge is 0.326 e. The van der Waals surface area contributed by atoms with Crippen molar-refractivity contribution in [1.29, 1.82) is 0 Å². The maximum atomic E-state index is 12.5. The van der Waals surface area contributed by atoms with E-state index in [1.807, 2.05) is 30.3 Å². The number of anilines is 1. The van der Waals surface area contributed by atoms with Crippen LogP contribution in [-0.2, 0) is 16.1 Å². The van der Waals surface area contributed by atoms with E-state index in [9.17, 15) is 9.59 Å². The minimum absolute atomic E-state index is 0.184.